The molecule has 3 heterocycles. The zero-order valence-electron chi connectivity index (χ0n) is 14.9. The van der Waals surface area contributed by atoms with E-state index in [9.17, 15) is 4.79 Å². The number of methoxy groups -OCH3 is 1. The molecule has 0 spiro atoms. The van der Waals surface area contributed by atoms with E-state index in [2.05, 4.69) is 15.3 Å². The Kier molecular flexibility index (Phi) is 5.33. The summed E-state index contributed by atoms with van der Waals surface area (Å²) in [4.78, 5) is 21.6. The van der Waals surface area contributed by atoms with Crippen LogP contribution in [0.1, 0.15) is 40.8 Å². The highest BCUT2D eigenvalue weighted by Crippen LogP contribution is 2.29. The third-order valence-corrected chi connectivity index (χ3v) is 4.56. The van der Waals surface area contributed by atoms with Crippen molar-refractivity contribution in [3.63, 3.8) is 0 Å². The van der Waals surface area contributed by atoms with Crippen molar-refractivity contribution >= 4 is 5.91 Å². The van der Waals surface area contributed by atoms with Crippen LogP contribution < -0.4 is 10.1 Å². The van der Waals surface area contributed by atoms with Gasteiger partial charge in [-0.2, -0.15) is 0 Å². The molecule has 1 N–H and O–H groups in total. The Hall–Kier alpha value is -2.41. The number of hydrogen-bond donors (Lipinski definition) is 1. The third kappa shape index (κ3) is 3.99. The Morgan fingerprint density at radius 2 is 2.16 bits per heavy atom. The second-order valence-electron chi connectivity index (χ2n) is 6.34. The number of rotatable bonds is 5. The Morgan fingerprint density at radius 1 is 1.40 bits per heavy atom. The molecule has 1 amide bonds. The first kappa shape index (κ1) is 17.4. The molecule has 1 fully saturated rings. The Labute approximate surface area is 147 Å². The highest BCUT2D eigenvalue weighted by Gasteiger charge is 2.30. The average molecular weight is 344 g/mol. The molecule has 2 aromatic heterocycles. The zero-order valence-corrected chi connectivity index (χ0v) is 14.9. The molecular weight excluding hydrogens is 320 g/mol. The first-order valence-corrected chi connectivity index (χ1v) is 8.47. The van der Waals surface area contributed by atoms with Gasteiger partial charge in [0.1, 0.15) is 5.82 Å². The number of pyridine rings is 1. The summed E-state index contributed by atoms with van der Waals surface area (Å²) in [7, 11) is 3.49. The molecule has 0 saturated carbocycles. The monoisotopic (exact) mass is 344 g/mol. The van der Waals surface area contributed by atoms with Crippen LogP contribution in [0.15, 0.2) is 24.5 Å². The molecule has 2 aromatic rings. The van der Waals surface area contributed by atoms with Crippen LogP contribution in [-0.4, -0.2) is 40.8 Å². The summed E-state index contributed by atoms with van der Waals surface area (Å²) in [5.41, 5.74) is 1.28. The fourth-order valence-corrected chi connectivity index (χ4v) is 3.22. The van der Waals surface area contributed by atoms with Crippen molar-refractivity contribution in [1.29, 1.82) is 0 Å². The van der Waals surface area contributed by atoms with Crippen LogP contribution in [-0.2, 0) is 11.8 Å². The van der Waals surface area contributed by atoms with E-state index in [4.69, 9.17) is 9.47 Å². The molecule has 3 rings (SSSR count). The van der Waals surface area contributed by atoms with Gasteiger partial charge in [0, 0.05) is 50.0 Å². The highest BCUT2D eigenvalue weighted by atomic mass is 16.5. The lowest BCUT2D eigenvalue weighted by atomic mass is 9.90. The number of hydrogen-bond acceptors (Lipinski definition) is 5. The summed E-state index contributed by atoms with van der Waals surface area (Å²) < 4.78 is 12.6. The van der Waals surface area contributed by atoms with Gasteiger partial charge in [0.15, 0.2) is 0 Å². The third-order valence-electron chi connectivity index (χ3n) is 4.56. The maximum absolute atomic E-state index is 12.9. The Bertz CT molecular complexity index is 738. The van der Waals surface area contributed by atoms with E-state index < -0.39 is 0 Å². The van der Waals surface area contributed by atoms with Crippen molar-refractivity contribution < 1.29 is 14.3 Å². The molecule has 1 aliphatic rings. The van der Waals surface area contributed by atoms with Crippen molar-refractivity contribution in [3.05, 3.63) is 41.6 Å². The van der Waals surface area contributed by atoms with Crippen LogP contribution >= 0.6 is 0 Å². The van der Waals surface area contributed by atoms with Crippen molar-refractivity contribution in [3.8, 4) is 5.88 Å². The van der Waals surface area contributed by atoms with Crippen molar-refractivity contribution in [2.24, 2.45) is 13.0 Å². The van der Waals surface area contributed by atoms with Crippen molar-refractivity contribution in [1.82, 2.24) is 19.9 Å². The van der Waals surface area contributed by atoms with Crippen molar-refractivity contribution in [2.45, 2.75) is 25.8 Å². The normalized spacial score (nSPS) is 16.4. The van der Waals surface area contributed by atoms with Gasteiger partial charge in [-0.05, 0) is 31.7 Å². The van der Waals surface area contributed by atoms with Crippen LogP contribution in [0, 0.1) is 12.8 Å². The standard InChI is InChI=1S/C18H24N4O3/c1-12-10-14(11-15(20-12)24-3)18(23)21-16(13-4-8-25-9-5-13)17-19-6-7-22(17)2/h6-7,10-11,13,16H,4-5,8-9H2,1-3H3,(H,21,23)/t16-/m1/s1. The Morgan fingerprint density at radius 3 is 2.80 bits per heavy atom. The van der Waals surface area contributed by atoms with E-state index in [1.807, 2.05) is 24.7 Å². The molecule has 0 unspecified atom stereocenters. The molecule has 7 heteroatoms. The number of imidazole rings is 1. The second kappa shape index (κ2) is 7.65. The number of amides is 1. The molecule has 0 aliphatic carbocycles. The lowest BCUT2D eigenvalue weighted by Crippen LogP contribution is -2.37. The first-order valence-electron chi connectivity index (χ1n) is 8.47. The van der Waals surface area contributed by atoms with E-state index in [1.165, 1.54) is 0 Å². The predicted octanol–water partition coefficient (Wildman–Crippen LogP) is 2.03. The van der Waals surface area contributed by atoms with Crippen LogP contribution in [0.4, 0.5) is 0 Å². The SMILES string of the molecule is COc1cc(C(=O)N[C@@H](c2nccn2C)C2CCOCC2)cc(C)n1. The molecular formula is C18H24N4O3. The molecule has 1 atom stereocenters. The molecule has 0 bridgehead atoms. The number of carbonyl (C=O) groups is 1. The summed E-state index contributed by atoms with van der Waals surface area (Å²) in [6.07, 6.45) is 5.45. The van der Waals surface area contributed by atoms with Crippen LogP contribution in [0.25, 0.3) is 0 Å². The van der Waals surface area contributed by atoms with Gasteiger partial charge >= 0.3 is 0 Å². The van der Waals surface area contributed by atoms with Gasteiger partial charge in [0.2, 0.25) is 5.88 Å². The largest absolute Gasteiger partial charge is 0.481 e. The van der Waals surface area contributed by atoms with Crippen LogP contribution in [0.2, 0.25) is 0 Å². The summed E-state index contributed by atoms with van der Waals surface area (Å²) in [6.45, 7) is 3.27. The lowest BCUT2D eigenvalue weighted by molar-refractivity contribution is 0.0499. The molecule has 0 radical (unpaired) electrons. The minimum Gasteiger partial charge on any atom is -0.481 e. The number of ether oxygens (including phenoxy) is 2. The highest BCUT2D eigenvalue weighted by molar-refractivity contribution is 5.94. The number of carbonyl (C=O) groups excluding carboxylic acids is 1. The molecule has 1 aliphatic heterocycles. The quantitative estimate of drug-likeness (QED) is 0.898. The van der Waals surface area contributed by atoms with Crippen LogP contribution in [0.5, 0.6) is 5.88 Å². The van der Waals surface area contributed by atoms with E-state index in [0.29, 0.717) is 30.6 Å². The summed E-state index contributed by atoms with van der Waals surface area (Å²) in [5, 5.41) is 3.16. The van der Waals surface area contributed by atoms with E-state index >= 15 is 0 Å². The van der Waals surface area contributed by atoms with Gasteiger partial charge in [0.05, 0.1) is 13.2 Å². The molecule has 134 valence electrons. The average Bonchev–Trinajstić information content (AvgIpc) is 3.05. The fourth-order valence-electron chi connectivity index (χ4n) is 3.22. The van der Waals surface area contributed by atoms with E-state index in [-0.39, 0.29) is 11.9 Å². The smallest absolute Gasteiger partial charge is 0.252 e. The molecule has 7 nitrogen and oxygen atoms in total. The second-order valence-corrected chi connectivity index (χ2v) is 6.34. The minimum atomic E-state index is -0.157. The van der Waals surface area contributed by atoms with Gasteiger partial charge in [-0.3, -0.25) is 4.79 Å². The number of nitrogens with one attached hydrogen (secondary N) is 1. The maximum Gasteiger partial charge on any atom is 0.252 e. The summed E-state index contributed by atoms with van der Waals surface area (Å²) >= 11 is 0. The molecule has 25 heavy (non-hydrogen) atoms. The van der Waals surface area contributed by atoms with Crippen LogP contribution in [0.3, 0.4) is 0 Å². The number of nitrogens with zero attached hydrogens (tertiary/aromatic N) is 3. The minimum absolute atomic E-state index is 0.150. The van der Waals surface area contributed by atoms with Gasteiger partial charge in [-0.1, -0.05) is 0 Å². The zero-order chi connectivity index (χ0) is 17.8. The van der Waals surface area contributed by atoms with Gasteiger partial charge < -0.3 is 19.4 Å². The van der Waals surface area contributed by atoms with Crippen molar-refractivity contribution in [2.75, 3.05) is 20.3 Å². The molecule has 0 aromatic carbocycles. The predicted molar refractivity (Wildman–Crippen MR) is 92.5 cm³/mol. The van der Waals surface area contributed by atoms with E-state index in [1.54, 1.807) is 25.4 Å². The summed E-state index contributed by atoms with van der Waals surface area (Å²) in [5.74, 6) is 1.44. The topological polar surface area (TPSA) is 78.3 Å². The van der Waals surface area contributed by atoms with Gasteiger partial charge in [-0.25, -0.2) is 9.97 Å². The van der Waals surface area contributed by atoms with E-state index in [0.717, 1.165) is 24.4 Å². The summed E-state index contributed by atoms with van der Waals surface area (Å²) in [6, 6.07) is 3.26. The molecule has 1 saturated heterocycles. The lowest BCUT2D eigenvalue weighted by Gasteiger charge is -2.30. The van der Waals surface area contributed by atoms with Gasteiger partial charge in [-0.15, -0.1) is 0 Å². The fraction of sp³-hybridized carbons (Fsp3) is 0.500. The number of aryl methyl sites for hydroxylation is 2. The first-order chi connectivity index (χ1) is 12.1. The number of aromatic nitrogens is 3. The van der Waals surface area contributed by atoms with Gasteiger partial charge in [0.25, 0.3) is 5.91 Å². The Balaban J connectivity index is 1.85. The maximum atomic E-state index is 12.9.